The Kier molecular flexibility index (Phi) is 5.06. The lowest BCUT2D eigenvalue weighted by molar-refractivity contribution is 0.767. The highest BCUT2D eigenvalue weighted by Gasteiger charge is 1.93. The van der Waals surface area contributed by atoms with Gasteiger partial charge in [0, 0.05) is 0 Å². The lowest BCUT2D eigenvalue weighted by atomic mass is 10.0. The summed E-state index contributed by atoms with van der Waals surface area (Å²) < 4.78 is 0. The average Bonchev–Trinajstić information content (AvgIpc) is 2.25. The van der Waals surface area contributed by atoms with Crippen molar-refractivity contribution in [1.29, 1.82) is 0 Å². The molecule has 0 heterocycles. The fraction of sp³-hybridized carbons (Fsp3) is 0.357. The van der Waals surface area contributed by atoms with E-state index in [4.69, 9.17) is 0 Å². The Balaban J connectivity index is 2.32. The monoisotopic (exact) mass is 187 g/mol. The smallest absolute Gasteiger partial charge is 0.0248 e. The molecule has 0 bridgehead atoms. The third-order valence-electron chi connectivity index (χ3n) is 2.36. The molecule has 0 aliphatic carbocycles. The number of hydrogen-bond acceptors (Lipinski definition) is 0. The van der Waals surface area contributed by atoms with Crippen LogP contribution in [0.1, 0.15) is 37.3 Å². The normalized spacial score (nSPS) is 10.1. The van der Waals surface area contributed by atoms with Crippen LogP contribution in [0, 0.1) is 6.42 Å². The predicted octanol–water partition coefficient (Wildman–Crippen LogP) is 4.27. The highest BCUT2D eigenvalue weighted by molar-refractivity contribution is 5.47. The number of benzene rings is 1. The zero-order valence-electron chi connectivity index (χ0n) is 9.00. The second-order valence-corrected chi connectivity index (χ2v) is 3.58. The number of hydrogen-bond donors (Lipinski definition) is 0. The molecule has 1 aromatic rings. The van der Waals surface area contributed by atoms with Gasteiger partial charge >= 0.3 is 0 Å². The van der Waals surface area contributed by atoms with Gasteiger partial charge in [-0.1, -0.05) is 56.7 Å². The molecule has 0 aromatic heterocycles. The summed E-state index contributed by atoms with van der Waals surface area (Å²) in [4.78, 5) is 0. The molecule has 0 unspecified atom stereocenters. The van der Waals surface area contributed by atoms with Crippen molar-refractivity contribution in [1.82, 2.24) is 0 Å². The van der Waals surface area contributed by atoms with Crippen LogP contribution in [-0.4, -0.2) is 0 Å². The van der Waals surface area contributed by atoms with E-state index in [1.807, 2.05) is 6.08 Å². The molecule has 1 rings (SSSR count). The lowest BCUT2D eigenvalue weighted by Gasteiger charge is -2.01. The number of rotatable bonds is 6. The van der Waals surface area contributed by atoms with Crippen LogP contribution >= 0.6 is 0 Å². The average molecular weight is 187 g/mol. The summed E-state index contributed by atoms with van der Waals surface area (Å²) in [6.45, 7) is 5.97. The van der Waals surface area contributed by atoms with Crippen molar-refractivity contribution < 1.29 is 0 Å². The summed E-state index contributed by atoms with van der Waals surface area (Å²) in [5, 5.41) is 0. The highest BCUT2D eigenvalue weighted by atomic mass is 14.0. The summed E-state index contributed by atoms with van der Waals surface area (Å²) in [5.41, 5.74) is 2.59. The van der Waals surface area contributed by atoms with E-state index in [0.717, 1.165) is 6.42 Å². The summed E-state index contributed by atoms with van der Waals surface area (Å²) in [6, 6.07) is 8.60. The van der Waals surface area contributed by atoms with E-state index in [2.05, 4.69) is 44.2 Å². The van der Waals surface area contributed by atoms with Crippen LogP contribution in [-0.2, 0) is 6.42 Å². The maximum atomic E-state index is 3.74. The summed E-state index contributed by atoms with van der Waals surface area (Å²) in [5.74, 6) is 0. The Bertz CT molecular complexity index is 256. The van der Waals surface area contributed by atoms with Crippen LogP contribution in [0.25, 0.3) is 6.08 Å². The largest absolute Gasteiger partial charge is 0.0985 e. The van der Waals surface area contributed by atoms with Gasteiger partial charge in [-0.05, 0) is 30.4 Å². The Labute approximate surface area is 87.7 Å². The highest BCUT2D eigenvalue weighted by Crippen LogP contribution is 2.09. The first-order chi connectivity index (χ1) is 6.86. The maximum absolute atomic E-state index is 3.74. The lowest BCUT2D eigenvalue weighted by Crippen LogP contribution is -1.86. The van der Waals surface area contributed by atoms with Crippen molar-refractivity contribution in [3.05, 3.63) is 48.4 Å². The molecule has 0 saturated carbocycles. The van der Waals surface area contributed by atoms with Crippen molar-refractivity contribution in [3.8, 4) is 0 Å². The number of unbranched alkanes of at least 4 members (excludes halogenated alkanes) is 3. The van der Waals surface area contributed by atoms with Gasteiger partial charge < -0.3 is 0 Å². The van der Waals surface area contributed by atoms with Crippen LogP contribution in [0.2, 0.25) is 0 Å². The molecule has 0 fully saturated rings. The minimum atomic E-state index is 1.09. The van der Waals surface area contributed by atoms with E-state index in [9.17, 15) is 0 Å². The Hall–Kier alpha value is -1.04. The first-order valence-corrected chi connectivity index (χ1v) is 5.40. The first-order valence-electron chi connectivity index (χ1n) is 5.40. The van der Waals surface area contributed by atoms with E-state index in [0.29, 0.717) is 0 Å². The third-order valence-corrected chi connectivity index (χ3v) is 2.36. The topological polar surface area (TPSA) is 0 Å². The van der Waals surface area contributed by atoms with Gasteiger partial charge in [-0.2, -0.15) is 0 Å². The molecule has 0 atom stereocenters. The molecule has 0 aliphatic heterocycles. The van der Waals surface area contributed by atoms with Crippen LogP contribution in [0.5, 0.6) is 0 Å². The zero-order valence-corrected chi connectivity index (χ0v) is 9.00. The minimum Gasteiger partial charge on any atom is -0.0985 e. The van der Waals surface area contributed by atoms with Gasteiger partial charge in [-0.3, -0.25) is 0 Å². The van der Waals surface area contributed by atoms with Gasteiger partial charge in [-0.15, -0.1) is 0 Å². The molecule has 75 valence electrons. The molecule has 0 heteroatoms. The first kappa shape index (κ1) is 11.0. The predicted molar refractivity (Wildman–Crippen MR) is 64.1 cm³/mol. The molecule has 14 heavy (non-hydrogen) atoms. The van der Waals surface area contributed by atoms with Crippen molar-refractivity contribution >= 4 is 6.08 Å². The molecule has 0 spiro atoms. The van der Waals surface area contributed by atoms with Gasteiger partial charge in [0.05, 0.1) is 0 Å². The van der Waals surface area contributed by atoms with E-state index in [1.165, 1.54) is 30.4 Å². The Morgan fingerprint density at radius 1 is 1.21 bits per heavy atom. The SMILES string of the molecule is C=Cc1ccc(C[CH]CCCC)cc1. The van der Waals surface area contributed by atoms with E-state index in [-0.39, 0.29) is 0 Å². The zero-order chi connectivity index (χ0) is 10.2. The fourth-order valence-corrected chi connectivity index (χ4v) is 1.41. The molecular formula is C14H19. The molecule has 0 N–H and O–H groups in total. The molecule has 0 saturated heterocycles. The molecule has 0 aliphatic rings. The van der Waals surface area contributed by atoms with E-state index in [1.54, 1.807) is 0 Å². The second kappa shape index (κ2) is 6.42. The fourth-order valence-electron chi connectivity index (χ4n) is 1.41. The van der Waals surface area contributed by atoms with Crippen LogP contribution in [0.3, 0.4) is 0 Å². The Morgan fingerprint density at radius 3 is 2.50 bits per heavy atom. The molecule has 0 amide bonds. The van der Waals surface area contributed by atoms with Crippen molar-refractivity contribution in [2.75, 3.05) is 0 Å². The quantitative estimate of drug-likeness (QED) is 0.583. The van der Waals surface area contributed by atoms with Gasteiger partial charge in [0.2, 0.25) is 0 Å². The van der Waals surface area contributed by atoms with Crippen LogP contribution in [0.15, 0.2) is 30.8 Å². The molecule has 1 radical (unpaired) electrons. The van der Waals surface area contributed by atoms with E-state index >= 15 is 0 Å². The van der Waals surface area contributed by atoms with Gasteiger partial charge in [-0.25, -0.2) is 0 Å². The second-order valence-electron chi connectivity index (χ2n) is 3.58. The van der Waals surface area contributed by atoms with Crippen molar-refractivity contribution in [2.24, 2.45) is 0 Å². The summed E-state index contributed by atoms with van der Waals surface area (Å²) in [6.07, 6.45) is 9.17. The van der Waals surface area contributed by atoms with Crippen molar-refractivity contribution in [3.63, 3.8) is 0 Å². The molecule has 1 aromatic carbocycles. The Morgan fingerprint density at radius 2 is 1.93 bits per heavy atom. The van der Waals surface area contributed by atoms with Gasteiger partial charge in [0.1, 0.15) is 0 Å². The van der Waals surface area contributed by atoms with E-state index < -0.39 is 0 Å². The van der Waals surface area contributed by atoms with Crippen LogP contribution in [0.4, 0.5) is 0 Å². The maximum Gasteiger partial charge on any atom is -0.0248 e. The molecule has 0 nitrogen and oxygen atoms in total. The summed E-state index contributed by atoms with van der Waals surface area (Å²) >= 11 is 0. The van der Waals surface area contributed by atoms with Gasteiger partial charge in [0.15, 0.2) is 0 Å². The van der Waals surface area contributed by atoms with Crippen LogP contribution < -0.4 is 0 Å². The third kappa shape index (κ3) is 3.78. The minimum absolute atomic E-state index is 1.09. The molecular weight excluding hydrogens is 168 g/mol. The summed E-state index contributed by atoms with van der Waals surface area (Å²) in [7, 11) is 0. The van der Waals surface area contributed by atoms with Crippen molar-refractivity contribution in [2.45, 2.75) is 32.6 Å². The standard InChI is InChI=1S/C14H19/c1-3-5-6-7-8-14-11-9-13(4-2)10-12-14/h4,7,9-12H,2-3,5-6,8H2,1H3. The van der Waals surface area contributed by atoms with Gasteiger partial charge in [0.25, 0.3) is 0 Å².